The minimum atomic E-state index is -0.809. The first-order valence-electron chi connectivity index (χ1n) is 6.98. The number of carbonyl (C=O) groups is 1. The summed E-state index contributed by atoms with van der Waals surface area (Å²) in [5.41, 5.74) is 0.0561. The van der Waals surface area contributed by atoms with Crippen LogP contribution in [0.15, 0.2) is 59.4 Å². The van der Waals surface area contributed by atoms with E-state index in [1.807, 2.05) is 0 Å². The van der Waals surface area contributed by atoms with Crippen LogP contribution in [0.4, 0.5) is 0 Å². The fourth-order valence-corrected chi connectivity index (χ4v) is 2.94. The lowest BCUT2D eigenvalue weighted by Gasteiger charge is -2.09. The zero-order chi connectivity index (χ0) is 18.0. The van der Waals surface area contributed by atoms with Gasteiger partial charge in [0.15, 0.2) is 11.4 Å². The SMILES string of the molecule is O=C(Oc1c(Cl)cc(Cl)cc1Cl)c1ccc(=O)n(-c2ccccc2)n1. The van der Waals surface area contributed by atoms with Gasteiger partial charge in [-0.05, 0) is 30.3 Å². The highest BCUT2D eigenvalue weighted by Crippen LogP contribution is 2.36. The summed E-state index contributed by atoms with van der Waals surface area (Å²) in [6.07, 6.45) is 0. The third-order valence-electron chi connectivity index (χ3n) is 3.17. The van der Waals surface area contributed by atoms with Gasteiger partial charge in [-0.2, -0.15) is 9.78 Å². The minimum Gasteiger partial charge on any atom is -0.419 e. The number of para-hydroxylation sites is 1. The van der Waals surface area contributed by atoms with Gasteiger partial charge < -0.3 is 4.74 Å². The van der Waals surface area contributed by atoms with Gasteiger partial charge in [-0.25, -0.2) is 4.79 Å². The second-order valence-corrected chi connectivity index (χ2v) is 6.14. The number of hydrogen-bond acceptors (Lipinski definition) is 4. The van der Waals surface area contributed by atoms with Gasteiger partial charge in [-0.15, -0.1) is 0 Å². The van der Waals surface area contributed by atoms with E-state index in [4.69, 9.17) is 39.5 Å². The summed E-state index contributed by atoms with van der Waals surface area (Å²) in [7, 11) is 0. The normalized spacial score (nSPS) is 10.5. The van der Waals surface area contributed by atoms with Crippen molar-refractivity contribution in [2.45, 2.75) is 0 Å². The van der Waals surface area contributed by atoms with Gasteiger partial charge in [0, 0.05) is 11.1 Å². The molecule has 25 heavy (non-hydrogen) atoms. The van der Waals surface area contributed by atoms with Crippen molar-refractivity contribution in [3.63, 3.8) is 0 Å². The number of hydrogen-bond donors (Lipinski definition) is 0. The highest BCUT2D eigenvalue weighted by molar-refractivity contribution is 6.40. The summed E-state index contributed by atoms with van der Waals surface area (Å²) in [5, 5.41) is 4.51. The summed E-state index contributed by atoms with van der Waals surface area (Å²) >= 11 is 17.8. The van der Waals surface area contributed by atoms with Crippen LogP contribution >= 0.6 is 34.8 Å². The molecule has 0 amide bonds. The van der Waals surface area contributed by atoms with E-state index in [0.29, 0.717) is 10.7 Å². The van der Waals surface area contributed by atoms with Crippen LogP contribution in [0.5, 0.6) is 5.75 Å². The van der Waals surface area contributed by atoms with Crippen LogP contribution in [0.2, 0.25) is 15.1 Å². The van der Waals surface area contributed by atoms with Gasteiger partial charge in [0.2, 0.25) is 0 Å². The van der Waals surface area contributed by atoms with Crippen LogP contribution < -0.4 is 10.3 Å². The van der Waals surface area contributed by atoms with Gasteiger partial charge in [0.25, 0.3) is 5.56 Å². The quantitative estimate of drug-likeness (QED) is 0.487. The molecule has 0 aliphatic heterocycles. The molecule has 0 spiro atoms. The Balaban J connectivity index is 1.95. The maximum Gasteiger partial charge on any atom is 0.364 e. The van der Waals surface area contributed by atoms with Crippen molar-refractivity contribution in [2.75, 3.05) is 0 Å². The first-order chi connectivity index (χ1) is 12.0. The van der Waals surface area contributed by atoms with Crippen LogP contribution in [0, 0.1) is 0 Å². The van der Waals surface area contributed by atoms with Crippen molar-refractivity contribution in [3.8, 4) is 11.4 Å². The van der Waals surface area contributed by atoms with E-state index >= 15 is 0 Å². The molecule has 2 aromatic carbocycles. The maximum atomic E-state index is 12.3. The van der Waals surface area contributed by atoms with Crippen LogP contribution in [-0.2, 0) is 0 Å². The third-order valence-corrected chi connectivity index (χ3v) is 3.95. The molecule has 0 radical (unpaired) electrons. The van der Waals surface area contributed by atoms with Crippen molar-refractivity contribution in [3.05, 3.63) is 85.7 Å². The highest BCUT2D eigenvalue weighted by Gasteiger charge is 2.17. The standard InChI is InChI=1S/C17H9Cl3N2O3/c18-10-8-12(19)16(13(20)9-10)25-17(24)14-6-7-15(23)22(21-14)11-4-2-1-3-5-11/h1-9H. The molecule has 0 bridgehead atoms. The van der Waals surface area contributed by atoms with Gasteiger partial charge in [0.05, 0.1) is 15.7 Å². The summed E-state index contributed by atoms with van der Waals surface area (Å²) in [6, 6.07) is 14.0. The van der Waals surface area contributed by atoms with Crippen LogP contribution in [0.3, 0.4) is 0 Å². The summed E-state index contributed by atoms with van der Waals surface area (Å²) in [6.45, 7) is 0. The number of rotatable bonds is 3. The molecule has 0 unspecified atom stereocenters. The van der Waals surface area contributed by atoms with Crippen LogP contribution in [0.1, 0.15) is 10.5 Å². The maximum absolute atomic E-state index is 12.3. The second kappa shape index (κ2) is 7.27. The van der Waals surface area contributed by atoms with E-state index in [1.54, 1.807) is 30.3 Å². The van der Waals surface area contributed by atoms with Crippen LogP contribution in [-0.4, -0.2) is 15.7 Å². The van der Waals surface area contributed by atoms with Gasteiger partial charge >= 0.3 is 5.97 Å². The Morgan fingerprint density at radius 2 is 1.60 bits per heavy atom. The van der Waals surface area contributed by atoms with E-state index in [-0.39, 0.29) is 27.0 Å². The molecule has 0 aliphatic carbocycles. The Morgan fingerprint density at radius 1 is 0.960 bits per heavy atom. The molecule has 3 rings (SSSR count). The Kier molecular flexibility index (Phi) is 5.08. The molecule has 8 heteroatoms. The van der Waals surface area contributed by atoms with E-state index in [0.717, 1.165) is 4.68 Å². The average Bonchev–Trinajstić information content (AvgIpc) is 2.59. The Morgan fingerprint density at radius 3 is 2.24 bits per heavy atom. The predicted molar refractivity (Wildman–Crippen MR) is 96.3 cm³/mol. The molecule has 0 fully saturated rings. The van der Waals surface area contributed by atoms with E-state index in [1.165, 1.54) is 24.3 Å². The number of esters is 1. The number of halogens is 3. The Bertz CT molecular complexity index is 981. The molecule has 0 aliphatic rings. The fraction of sp³-hybridized carbons (Fsp3) is 0. The van der Waals surface area contributed by atoms with Crippen molar-refractivity contribution >= 4 is 40.8 Å². The number of benzene rings is 2. The number of carbonyl (C=O) groups excluding carboxylic acids is 1. The molecular formula is C17H9Cl3N2O3. The lowest BCUT2D eigenvalue weighted by molar-refractivity contribution is 0.0726. The predicted octanol–water partition coefficient (Wildman–Crippen LogP) is 4.41. The van der Waals surface area contributed by atoms with Crippen molar-refractivity contribution in [2.24, 2.45) is 0 Å². The minimum absolute atomic E-state index is 0.0306. The molecular weight excluding hydrogens is 387 g/mol. The number of ether oxygens (including phenoxy) is 1. The second-order valence-electron chi connectivity index (χ2n) is 4.89. The monoisotopic (exact) mass is 394 g/mol. The third kappa shape index (κ3) is 3.85. The molecule has 3 aromatic rings. The Labute approximate surface area is 157 Å². The van der Waals surface area contributed by atoms with E-state index in [2.05, 4.69) is 5.10 Å². The van der Waals surface area contributed by atoms with E-state index in [9.17, 15) is 9.59 Å². The number of nitrogens with zero attached hydrogens (tertiary/aromatic N) is 2. The first-order valence-corrected chi connectivity index (χ1v) is 8.11. The molecule has 1 heterocycles. The molecule has 1 aromatic heterocycles. The largest absolute Gasteiger partial charge is 0.419 e. The summed E-state index contributed by atoms with van der Waals surface area (Å²) < 4.78 is 6.31. The van der Waals surface area contributed by atoms with Crippen molar-refractivity contribution in [1.29, 1.82) is 0 Å². The van der Waals surface area contributed by atoms with Gasteiger partial charge in [-0.3, -0.25) is 4.79 Å². The molecule has 0 saturated carbocycles. The fourth-order valence-electron chi connectivity index (χ4n) is 2.05. The topological polar surface area (TPSA) is 61.2 Å². The lowest BCUT2D eigenvalue weighted by atomic mass is 10.3. The number of aromatic nitrogens is 2. The average molecular weight is 396 g/mol. The lowest BCUT2D eigenvalue weighted by Crippen LogP contribution is -2.24. The summed E-state index contributed by atoms with van der Waals surface area (Å²) in [5.74, 6) is -0.840. The molecule has 5 nitrogen and oxygen atoms in total. The summed E-state index contributed by atoms with van der Waals surface area (Å²) in [4.78, 5) is 24.3. The highest BCUT2D eigenvalue weighted by atomic mass is 35.5. The van der Waals surface area contributed by atoms with E-state index < -0.39 is 5.97 Å². The van der Waals surface area contributed by atoms with Crippen LogP contribution in [0.25, 0.3) is 5.69 Å². The zero-order valence-corrected chi connectivity index (χ0v) is 14.7. The molecule has 0 N–H and O–H groups in total. The molecule has 0 atom stereocenters. The van der Waals surface area contributed by atoms with Gasteiger partial charge in [0.1, 0.15) is 0 Å². The van der Waals surface area contributed by atoms with Crippen molar-refractivity contribution in [1.82, 2.24) is 9.78 Å². The Hall–Kier alpha value is -2.34. The molecule has 126 valence electrons. The smallest absolute Gasteiger partial charge is 0.364 e. The zero-order valence-electron chi connectivity index (χ0n) is 12.4. The molecule has 0 saturated heterocycles. The van der Waals surface area contributed by atoms with Crippen molar-refractivity contribution < 1.29 is 9.53 Å². The van der Waals surface area contributed by atoms with Gasteiger partial charge in [-0.1, -0.05) is 53.0 Å². The first kappa shape index (κ1) is 17.5.